The van der Waals surface area contributed by atoms with Gasteiger partial charge in [0.25, 0.3) is 0 Å². The van der Waals surface area contributed by atoms with Crippen LogP contribution in [0.15, 0.2) is 12.2 Å². The highest BCUT2D eigenvalue weighted by atomic mass is 16.1. The Kier molecular flexibility index (Phi) is 9.88. The van der Waals surface area contributed by atoms with Crippen molar-refractivity contribution in [3.8, 4) is 0 Å². The van der Waals surface area contributed by atoms with Crippen molar-refractivity contribution in [1.29, 1.82) is 0 Å². The van der Waals surface area contributed by atoms with Gasteiger partial charge in [-0.25, -0.2) is 0 Å². The summed E-state index contributed by atoms with van der Waals surface area (Å²) in [6.07, 6.45) is 21.5. The third-order valence-corrected chi connectivity index (χ3v) is 3.82. The third-order valence-electron chi connectivity index (χ3n) is 3.82. The second-order valence-corrected chi connectivity index (χ2v) is 5.62. The van der Waals surface area contributed by atoms with Gasteiger partial charge in [0.2, 0.25) is 0 Å². The average Bonchev–Trinajstić information content (AvgIpc) is 2.37. The number of carbonyl (C=O) groups excluding carboxylic acids is 1. The Morgan fingerprint density at radius 2 is 0.944 bits per heavy atom. The van der Waals surface area contributed by atoms with Crippen molar-refractivity contribution in [2.45, 2.75) is 89.9 Å². The van der Waals surface area contributed by atoms with E-state index < -0.39 is 0 Å². The van der Waals surface area contributed by atoms with E-state index in [0.29, 0.717) is 5.78 Å². The van der Waals surface area contributed by atoms with Crippen molar-refractivity contribution in [3.63, 3.8) is 0 Å². The van der Waals surface area contributed by atoms with Crippen LogP contribution in [0.25, 0.3) is 0 Å². The van der Waals surface area contributed by atoms with Crippen LogP contribution in [0, 0.1) is 0 Å². The fraction of sp³-hybridized carbons (Fsp3) is 0.824. The molecule has 0 N–H and O–H groups in total. The van der Waals surface area contributed by atoms with Crippen molar-refractivity contribution in [1.82, 2.24) is 0 Å². The van der Waals surface area contributed by atoms with E-state index in [1.54, 1.807) is 0 Å². The number of ketones is 1. The van der Waals surface area contributed by atoms with Crippen LogP contribution >= 0.6 is 0 Å². The fourth-order valence-electron chi connectivity index (χ4n) is 2.59. The predicted molar refractivity (Wildman–Crippen MR) is 78.8 cm³/mol. The van der Waals surface area contributed by atoms with Crippen LogP contribution in [-0.2, 0) is 4.79 Å². The SMILES string of the molecule is O=C1CCCCCC/C=C\CCCCCCCC1. The highest BCUT2D eigenvalue weighted by molar-refractivity contribution is 5.78. The first-order valence-electron chi connectivity index (χ1n) is 8.06. The molecule has 0 fully saturated rings. The zero-order valence-corrected chi connectivity index (χ0v) is 12.0. The summed E-state index contributed by atoms with van der Waals surface area (Å²) in [4.78, 5) is 11.6. The lowest BCUT2D eigenvalue weighted by Crippen LogP contribution is -1.97. The summed E-state index contributed by atoms with van der Waals surface area (Å²) in [7, 11) is 0. The molecule has 0 aliphatic heterocycles. The topological polar surface area (TPSA) is 17.1 Å². The normalized spacial score (nSPS) is 24.3. The molecule has 104 valence electrons. The number of carbonyl (C=O) groups is 1. The third kappa shape index (κ3) is 9.44. The molecule has 0 spiro atoms. The molecule has 0 aromatic carbocycles. The van der Waals surface area contributed by atoms with Gasteiger partial charge in [-0.15, -0.1) is 0 Å². The minimum atomic E-state index is 0.499. The van der Waals surface area contributed by atoms with Crippen LogP contribution < -0.4 is 0 Å². The molecular weight excluding hydrogens is 220 g/mol. The second-order valence-electron chi connectivity index (χ2n) is 5.62. The van der Waals surface area contributed by atoms with Gasteiger partial charge in [-0.2, -0.15) is 0 Å². The summed E-state index contributed by atoms with van der Waals surface area (Å²) < 4.78 is 0. The van der Waals surface area contributed by atoms with E-state index in [0.717, 1.165) is 25.7 Å². The van der Waals surface area contributed by atoms with E-state index in [1.807, 2.05) is 0 Å². The Labute approximate surface area is 113 Å². The first-order valence-corrected chi connectivity index (χ1v) is 8.06. The first-order chi connectivity index (χ1) is 8.89. The van der Waals surface area contributed by atoms with Crippen molar-refractivity contribution in [3.05, 3.63) is 12.2 Å². The van der Waals surface area contributed by atoms with Crippen LogP contribution in [-0.4, -0.2) is 5.78 Å². The molecule has 0 aromatic heterocycles. The molecule has 18 heavy (non-hydrogen) atoms. The van der Waals surface area contributed by atoms with Crippen molar-refractivity contribution in [2.75, 3.05) is 0 Å². The van der Waals surface area contributed by atoms with E-state index in [9.17, 15) is 4.79 Å². The number of rotatable bonds is 0. The summed E-state index contributed by atoms with van der Waals surface area (Å²) in [6.45, 7) is 0. The number of hydrogen-bond donors (Lipinski definition) is 0. The summed E-state index contributed by atoms with van der Waals surface area (Å²) in [5.74, 6) is 0.499. The Balaban J connectivity index is 2.17. The van der Waals surface area contributed by atoms with Crippen LogP contribution in [0.3, 0.4) is 0 Å². The van der Waals surface area contributed by atoms with Gasteiger partial charge in [0, 0.05) is 12.8 Å². The van der Waals surface area contributed by atoms with Gasteiger partial charge < -0.3 is 0 Å². The highest BCUT2D eigenvalue weighted by Gasteiger charge is 2.01. The Bertz CT molecular complexity index is 230. The molecule has 1 nitrogen and oxygen atoms in total. The largest absolute Gasteiger partial charge is 0.300 e. The van der Waals surface area contributed by atoms with Crippen LogP contribution in [0.5, 0.6) is 0 Å². The van der Waals surface area contributed by atoms with Crippen molar-refractivity contribution < 1.29 is 4.79 Å². The highest BCUT2D eigenvalue weighted by Crippen LogP contribution is 2.12. The molecule has 1 heteroatoms. The summed E-state index contributed by atoms with van der Waals surface area (Å²) in [5, 5.41) is 0. The molecule has 0 amide bonds. The minimum Gasteiger partial charge on any atom is -0.300 e. The van der Waals surface area contributed by atoms with Gasteiger partial charge in [0.15, 0.2) is 0 Å². The van der Waals surface area contributed by atoms with E-state index in [-0.39, 0.29) is 0 Å². The van der Waals surface area contributed by atoms with Crippen LogP contribution in [0.1, 0.15) is 89.9 Å². The smallest absolute Gasteiger partial charge is 0.132 e. The maximum absolute atomic E-state index is 11.6. The van der Waals surface area contributed by atoms with Crippen LogP contribution in [0.2, 0.25) is 0 Å². The molecule has 0 radical (unpaired) electrons. The van der Waals surface area contributed by atoms with Gasteiger partial charge >= 0.3 is 0 Å². The van der Waals surface area contributed by atoms with Gasteiger partial charge in [-0.3, -0.25) is 4.79 Å². The summed E-state index contributed by atoms with van der Waals surface area (Å²) >= 11 is 0. The van der Waals surface area contributed by atoms with Crippen LogP contribution in [0.4, 0.5) is 0 Å². The van der Waals surface area contributed by atoms with E-state index >= 15 is 0 Å². The monoisotopic (exact) mass is 250 g/mol. The van der Waals surface area contributed by atoms with E-state index in [4.69, 9.17) is 0 Å². The maximum Gasteiger partial charge on any atom is 0.132 e. The molecule has 0 bridgehead atoms. The quantitative estimate of drug-likeness (QED) is 0.512. The lowest BCUT2D eigenvalue weighted by atomic mass is 10.0. The number of allylic oxidation sites excluding steroid dienone is 2. The van der Waals surface area contributed by atoms with Crippen molar-refractivity contribution >= 4 is 5.78 Å². The number of Topliss-reactive ketones (excluding diaryl/α,β-unsaturated/α-hetero) is 1. The molecule has 0 aromatic rings. The molecule has 0 saturated carbocycles. The Hall–Kier alpha value is -0.590. The maximum atomic E-state index is 11.6. The van der Waals surface area contributed by atoms with Gasteiger partial charge in [0.05, 0.1) is 0 Å². The zero-order chi connectivity index (χ0) is 12.9. The molecule has 0 heterocycles. The van der Waals surface area contributed by atoms with E-state index in [2.05, 4.69) is 12.2 Å². The molecule has 1 rings (SSSR count). The molecule has 1 aliphatic rings. The van der Waals surface area contributed by atoms with Gasteiger partial charge in [-0.05, 0) is 38.5 Å². The predicted octanol–water partition coefficient (Wildman–Crippen LogP) is 5.59. The number of hydrogen-bond acceptors (Lipinski definition) is 1. The molecule has 0 saturated heterocycles. The Morgan fingerprint density at radius 3 is 1.44 bits per heavy atom. The fourth-order valence-corrected chi connectivity index (χ4v) is 2.59. The standard InChI is InChI=1S/C17H30O/c18-17-15-13-11-9-7-5-3-1-2-4-6-8-10-12-14-16-17/h1,3H,2,4-16H2/b3-1-. The summed E-state index contributed by atoms with van der Waals surface area (Å²) in [6, 6.07) is 0. The van der Waals surface area contributed by atoms with Crippen molar-refractivity contribution in [2.24, 2.45) is 0 Å². The molecule has 1 aliphatic carbocycles. The lowest BCUT2D eigenvalue weighted by molar-refractivity contribution is -0.119. The second kappa shape index (κ2) is 11.5. The summed E-state index contributed by atoms with van der Waals surface area (Å²) in [5.41, 5.74) is 0. The van der Waals surface area contributed by atoms with E-state index in [1.165, 1.54) is 64.2 Å². The van der Waals surface area contributed by atoms with Gasteiger partial charge in [-0.1, -0.05) is 50.7 Å². The average molecular weight is 250 g/mol. The first kappa shape index (κ1) is 15.5. The van der Waals surface area contributed by atoms with Gasteiger partial charge in [0.1, 0.15) is 5.78 Å². The Morgan fingerprint density at radius 1 is 0.556 bits per heavy atom. The molecule has 0 atom stereocenters. The minimum absolute atomic E-state index is 0.499. The molecule has 0 unspecified atom stereocenters. The molecular formula is C17H30O. The zero-order valence-electron chi connectivity index (χ0n) is 12.0. The lowest BCUT2D eigenvalue weighted by Gasteiger charge is -2.02.